The predicted molar refractivity (Wildman–Crippen MR) is 95.7 cm³/mol. The lowest BCUT2D eigenvalue weighted by Crippen LogP contribution is -2.40. The molecule has 1 fully saturated rings. The average molecular weight is 346 g/mol. The van der Waals surface area contributed by atoms with Crippen LogP contribution in [0.3, 0.4) is 0 Å². The molecule has 0 bridgehead atoms. The minimum absolute atomic E-state index is 0.139. The summed E-state index contributed by atoms with van der Waals surface area (Å²) in [6.07, 6.45) is 1.74. The SMILES string of the molecule is C[C@H](NC(=O)N1CC[C@H](S(C)(=O)=O)C1)c1ccc2ccccc2c1. The van der Waals surface area contributed by atoms with Crippen LogP contribution in [-0.4, -0.2) is 43.9 Å². The van der Waals surface area contributed by atoms with Gasteiger partial charge in [0.2, 0.25) is 0 Å². The fourth-order valence-corrected chi connectivity index (χ4v) is 4.08. The number of sulfone groups is 1. The maximum atomic E-state index is 12.4. The van der Waals surface area contributed by atoms with E-state index in [4.69, 9.17) is 0 Å². The molecule has 6 heteroatoms. The maximum Gasteiger partial charge on any atom is 0.317 e. The number of benzene rings is 2. The first-order valence-electron chi connectivity index (χ1n) is 8.07. The van der Waals surface area contributed by atoms with E-state index < -0.39 is 15.1 Å². The van der Waals surface area contributed by atoms with E-state index in [-0.39, 0.29) is 18.6 Å². The number of nitrogens with one attached hydrogen (secondary N) is 1. The van der Waals surface area contributed by atoms with Crippen LogP contribution in [0.4, 0.5) is 4.79 Å². The molecule has 1 aliphatic rings. The third kappa shape index (κ3) is 3.53. The average Bonchev–Trinajstić information content (AvgIpc) is 3.04. The molecule has 0 radical (unpaired) electrons. The van der Waals surface area contributed by atoms with Gasteiger partial charge in [-0.1, -0.05) is 36.4 Å². The van der Waals surface area contributed by atoms with Gasteiger partial charge in [0.15, 0.2) is 9.84 Å². The summed E-state index contributed by atoms with van der Waals surface area (Å²) in [7, 11) is -3.10. The summed E-state index contributed by atoms with van der Waals surface area (Å²) in [6.45, 7) is 2.69. The van der Waals surface area contributed by atoms with Crippen LogP contribution < -0.4 is 5.32 Å². The van der Waals surface area contributed by atoms with Crippen LogP contribution in [0.5, 0.6) is 0 Å². The number of hydrogen-bond acceptors (Lipinski definition) is 3. The number of likely N-dealkylation sites (tertiary alicyclic amines) is 1. The van der Waals surface area contributed by atoms with Crippen LogP contribution >= 0.6 is 0 Å². The van der Waals surface area contributed by atoms with Gasteiger partial charge >= 0.3 is 6.03 Å². The van der Waals surface area contributed by atoms with Gasteiger partial charge in [0.05, 0.1) is 11.3 Å². The zero-order valence-electron chi connectivity index (χ0n) is 13.9. The van der Waals surface area contributed by atoms with Gasteiger partial charge in [-0.05, 0) is 35.7 Å². The molecule has 0 unspecified atom stereocenters. The minimum atomic E-state index is -3.10. The van der Waals surface area contributed by atoms with Gasteiger partial charge < -0.3 is 10.2 Å². The van der Waals surface area contributed by atoms with Crippen LogP contribution in [0.15, 0.2) is 42.5 Å². The van der Waals surface area contributed by atoms with E-state index in [0.717, 1.165) is 16.3 Å². The van der Waals surface area contributed by atoms with Gasteiger partial charge in [0.1, 0.15) is 0 Å². The molecular weight excluding hydrogens is 324 g/mol. The van der Waals surface area contributed by atoms with Gasteiger partial charge in [-0.3, -0.25) is 0 Å². The Hall–Kier alpha value is -2.08. The third-order valence-corrected chi connectivity index (χ3v) is 6.25. The Balaban J connectivity index is 1.67. The Bertz CT molecular complexity index is 863. The van der Waals surface area contributed by atoms with E-state index >= 15 is 0 Å². The molecule has 1 saturated heterocycles. The van der Waals surface area contributed by atoms with Crippen molar-refractivity contribution in [3.05, 3.63) is 48.0 Å². The summed E-state index contributed by atoms with van der Waals surface area (Å²) in [6, 6.07) is 13.9. The van der Waals surface area contributed by atoms with E-state index in [2.05, 4.69) is 17.4 Å². The highest BCUT2D eigenvalue weighted by atomic mass is 32.2. The molecule has 0 saturated carbocycles. The molecule has 1 heterocycles. The van der Waals surface area contributed by atoms with Gasteiger partial charge in [0, 0.05) is 19.3 Å². The van der Waals surface area contributed by atoms with Gasteiger partial charge in [0.25, 0.3) is 0 Å². The molecule has 5 nitrogen and oxygen atoms in total. The van der Waals surface area contributed by atoms with E-state index in [0.29, 0.717) is 13.0 Å². The van der Waals surface area contributed by atoms with Crippen molar-refractivity contribution in [1.29, 1.82) is 0 Å². The number of rotatable bonds is 3. The van der Waals surface area contributed by atoms with Crippen LogP contribution in [-0.2, 0) is 9.84 Å². The Morgan fingerprint density at radius 1 is 1.21 bits per heavy atom. The monoisotopic (exact) mass is 346 g/mol. The lowest BCUT2D eigenvalue weighted by atomic mass is 10.0. The van der Waals surface area contributed by atoms with Crippen molar-refractivity contribution >= 4 is 26.6 Å². The highest BCUT2D eigenvalue weighted by Gasteiger charge is 2.32. The number of carbonyl (C=O) groups excluding carboxylic acids is 1. The maximum absolute atomic E-state index is 12.4. The summed E-state index contributed by atoms with van der Waals surface area (Å²) in [5.74, 6) is 0. The van der Waals surface area contributed by atoms with Crippen molar-refractivity contribution in [2.45, 2.75) is 24.6 Å². The molecule has 1 N–H and O–H groups in total. The zero-order valence-corrected chi connectivity index (χ0v) is 14.7. The van der Waals surface area contributed by atoms with Crippen LogP contribution in [0.2, 0.25) is 0 Å². The quantitative estimate of drug-likeness (QED) is 0.929. The molecule has 0 aliphatic carbocycles. The lowest BCUT2D eigenvalue weighted by Gasteiger charge is -2.21. The first-order valence-corrected chi connectivity index (χ1v) is 10.0. The summed E-state index contributed by atoms with van der Waals surface area (Å²) in [5.41, 5.74) is 1.03. The van der Waals surface area contributed by atoms with Crippen LogP contribution in [0.1, 0.15) is 24.9 Å². The second kappa shape index (κ2) is 6.43. The van der Waals surface area contributed by atoms with Crippen molar-refractivity contribution < 1.29 is 13.2 Å². The number of hydrogen-bond donors (Lipinski definition) is 1. The van der Waals surface area contributed by atoms with Crippen molar-refractivity contribution in [3.63, 3.8) is 0 Å². The summed E-state index contributed by atoms with van der Waals surface area (Å²) >= 11 is 0. The van der Waals surface area contributed by atoms with Gasteiger partial charge in [-0.15, -0.1) is 0 Å². The van der Waals surface area contributed by atoms with Crippen molar-refractivity contribution in [2.24, 2.45) is 0 Å². The van der Waals surface area contributed by atoms with E-state index in [1.807, 2.05) is 37.3 Å². The molecular formula is C18H22N2O3S. The number of amides is 2. The molecule has 2 amide bonds. The topological polar surface area (TPSA) is 66.5 Å². The fraction of sp³-hybridized carbons (Fsp3) is 0.389. The van der Waals surface area contributed by atoms with E-state index in [1.165, 1.54) is 6.26 Å². The minimum Gasteiger partial charge on any atom is -0.331 e. The molecule has 1 aliphatic heterocycles. The number of carbonyl (C=O) groups is 1. The van der Waals surface area contributed by atoms with Gasteiger partial charge in [-0.2, -0.15) is 0 Å². The molecule has 3 rings (SSSR count). The Kier molecular flexibility index (Phi) is 4.49. The molecule has 2 aromatic rings. The Morgan fingerprint density at radius 3 is 2.58 bits per heavy atom. The first-order chi connectivity index (χ1) is 11.3. The molecule has 2 aromatic carbocycles. The molecule has 24 heavy (non-hydrogen) atoms. The van der Waals surface area contributed by atoms with Crippen molar-refractivity contribution in [2.75, 3.05) is 19.3 Å². The van der Waals surface area contributed by atoms with Crippen LogP contribution in [0, 0.1) is 0 Å². The zero-order chi connectivity index (χ0) is 17.3. The molecule has 128 valence electrons. The second-order valence-corrected chi connectivity index (χ2v) is 8.79. The molecule has 0 aromatic heterocycles. The standard InChI is InChI=1S/C18H22N2O3S/c1-13(15-8-7-14-5-3-4-6-16(14)11-15)19-18(21)20-10-9-17(12-20)24(2,22)23/h3-8,11,13,17H,9-10,12H2,1-2H3,(H,19,21)/t13-,17-/m0/s1. The molecule has 2 atom stereocenters. The number of nitrogens with zero attached hydrogens (tertiary/aromatic N) is 1. The summed E-state index contributed by atoms with van der Waals surface area (Å²) in [5, 5.41) is 4.82. The molecule has 0 spiro atoms. The van der Waals surface area contributed by atoms with Gasteiger partial charge in [-0.25, -0.2) is 13.2 Å². The predicted octanol–water partition coefficient (Wildman–Crippen LogP) is 2.73. The van der Waals surface area contributed by atoms with Crippen LogP contribution in [0.25, 0.3) is 10.8 Å². The summed E-state index contributed by atoms with van der Waals surface area (Å²) in [4.78, 5) is 14.0. The third-order valence-electron chi connectivity index (χ3n) is 4.65. The van der Waals surface area contributed by atoms with Crippen molar-refractivity contribution in [1.82, 2.24) is 10.2 Å². The second-order valence-electron chi connectivity index (χ2n) is 6.46. The summed E-state index contributed by atoms with van der Waals surface area (Å²) < 4.78 is 23.2. The number of fused-ring (bicyclic) bond motifs is 1. The first kappa shape index (κ1) is 16.8. The van der Waals surface area contributed by atoms with Crippen molar-refractivity contribution in [3.8, 4) is 0 Å². The highest BCUT2D eigenvalue weighted by molar-refractivity contribution is 7.91. The number of urea groups is 1. The normalized spacial score (nSPS) is 19.4. The fourth-order valence-electron chi connectivity index (χ4n) is 3.10. The van der Waals surface area contributed by atoms with E-state index in [9.17, 15) is 13.2 Å². The largest absolute Gasteiger partial charge is 0.331 e. The lowest BCUT2D eigenvalue weighted by molar-refractivity contribution is 0.205. The Labute approximate surface area is 142 Å². The highest BCUT2D eigenvalue weighted by Crippen LogP contribution is 2.21. The Morgan fingerprint density at radius 2 is 1.92 bits per heavy atom. The smallest absolute Gasteiger partial charge is 0.317 e. The van der Waals surface area contributed by atoms with E-state index in [1.54, 1.807) is 4.90 Å².